The Morgan fingerprint density at radius 1 is 1.21 bits per heavy atom. The summed E-state index contributed by atoms with van der Waals surface area (Å²) in [5, 5.41) is 9.83. The number of phenols is 1. The summed E-state index contributed by atoms with van der Waals surface area (Å²) in [5.41, 5.74) is 2.07. The first-order chi connectivity index (χ1) is 9.19. The number of hydrogen-bond donors (Lipinski definition) is 1. The number of benzene rings is 2. The van der Waals surface area contributed by atoms with Crippen LogP contribution in [-0.4, -0.2) is 24.8 Å². The molecule has 0 aliphatic carbocycles. The Morgan fingerprint density at radius 2 is 1.89 bits per heavy atom. The van der Waals surface area contributed by atoms with Crippen LogP contribution in [0.5, 0.6) is 11.5 Å². The highest BCUT2D eigenvalue weighted by Crippen LogP contribution is 2.34. The molecule has 19 heavy (non-hydrogen) atoms. The number of aromatic hydroxyl groups is 1. The first-order valence-corrected chi connectivity index (χ1v) is 6.92. The Balaban J connectivity index is 2.53. The molecular weight excluding hydrogens is 260 g/mol. The molecule has 0 spiro atoms. The number of hydrogen-bond acceptors (Lipinski definition) is 4. The van der Waals surface area contributed by atoms with Crippen molar-refractivity contribution in [3.63, 3.8) is 0 Å². The lowest BCUT2D eigenvalue weighted by Crippen LogP contribution is -1.91. The Kier molecular flexibility index (Phi) is 4.12. The number of thioether (sulfide) groups is 1. The van der Waals surface area contributed by atoms with E-state index in [1.807, 2.05) is 30.5 Å². The van der Waals surface area contributed by atoms with Crippen LogP contribution in [-0.2, 0) is 0 Å². The monoisotopic (exact) mass is 274 g/mol. The zero-order valence-electron chi connectivity index (χ0n) is 10.7. The van der Waals surface area contributed by atoms with Crippen molar-refractivity contribution in [1.29, 1.82) is 0 Å². The standard InChI is InChI=1S/C15H14O3S/c1-18-15-7-11(9-16)13(8-14(15)17)10-3-5-12(19-2)6-4-10/h3-9,17H,1-2H3. The van der Waals surface area contributed by atoms with Gasteiger partial charge in [0.25, 0.3) is 0 Å². The van der Waals surface area contributed by atoms with Crippen molar-refractivity contribution in [3.8, 4) is 22.6 Å². The topological polar surface area (TPSA) is 46.5 Å². The van der Waals surface area contributed by atoms with E-state index in [1.165, 1.54) is 7.11 Å². The van der Waals surface area contributed by atoms with Gasteiger partial charge in [0.1, 0.15) is 0 Å². The molecule has 0 bridgehead atoms. The lowest BCUT2D eigenvalue weighted by Gasteiger charge is -2.10. The highest BCUT2D eigenvalue weighted by Gasteiger charge is 2.11. The molecule has 0 fully saturated rings. The zero-order valence-corrected chi connectivity index (χ0v) is 11.5. The third kappa shape index (κ3) is 2.74. The molecule has 2 aromatic carbocycles. The van der Waals surface area contributed by atoms with Gasteiger partial charge in [0.2, 0.25) is 0 Å². The fraction of sp³-hybridized carbons (Fsp3) is 0.133. The van der Waals surface area contributed by atoms with Crippen LogP contribution in [0.3, 0.4) is 0 Å². The molecular formula is C15H14O3S. The molecule has 0 aromatic heterocycles. The minimum absolute atomic E-state index is 0.0250. The zero-order chi connectivity index (χ0) is 13.8. The maximum absolute atomic E-state index is 11.2. The molecule has 2 rings (SSSR count). The summed E-state index contributed by atoms with van der Waals surface area (Å²) in [4.78, 5) is 12.3. The van der Waals surface area contributed by atoms with Gasteiger partial charge in [-0.3, -0.25) is 4.79 Å². The number of carbonyl (C=O) groups excluding carboxylic acids is 1. The van der Waals surface area contributed by atoms with E-state index in [-0.39, 0.29) is 5.75 Å². The lowest BCUT2D eigenvalue weighted by atomic mass is 9.99. The molecule has 1 N–H and O–H groups in total. The van der Waals surface area contributed by atoms with Crippen LogP contribution in [0, 0.1) is 0 Å². The van der Waals surface area contributed by atoms with E-state index in [1.54, 1.807) is 23.9 Å². The van der Waals surface area contributed by atoms with Gasteiger partial charge >= 0.3 is 0 Å². The average molecular weight is 274 g/mol. The van der Waals surface area contributed by atoms with Gasteiger partial charge in [-0.25, -0.2) is 0 Å². The maximum Gasteiger partial charge on any atom is 0.161 e. The van der Waals surface area contributed by atoms with Crippen LogP contribution in [0.2, 0.25) is 0 Å². The molecule has 2 aromatic rings. The fourth-order valence-electron chi connectivity index (χ4n) is 1.87. The smallest absolute Gasteiger partial charge is 0.161 e. The number of aldehydes is 1. The van der Waals surface area contributed by atoms with E-state index in [0.29, 0.717) is 16.9 Å². The van der Waals surface area contributed by atoms with Gasteiger partial charge in [-0.2, -0.15) is 0 Å². The molecule has 4 heteroatoms. The third-order valence-electron chi connectivity index (χ3n) is 2.88. The first kappa shape index (κ1) is 13.5. The second kappa shape index (κ2) is 5.80. The van der Waals surface area contributed by atoms with E-state index in [9.17, 15) is 9.90 Å². The number of ether oxygens (including phenoxy) is 1. The molecule has 0 saturated carbocycles. The van der Waals surface area contributed by atoms with Crippen molar-refractivity contribution in [2.24, 2.45) is 0 Å². The number of methoxy groups -OCH3 is 1. The van der Waals surface area contributed by atoms with Crippen molar-refractivity contribution in [2.75, 3.05) is 13.4 Å². The van der Waals surface area contributed by atoms with Crippen LogP contribution in [0.4, 0.5) is 0 Å². The van der Waals surface area contributed by atoms with E-state index < -0.39 is 0 Å². The summed E-state index contributed by atoms with van der Waals surface area (Å²) in [6, 6.07) is 10.9. The molecule has 0 aliphatic heterocycles. The van der Waals surface area contributed by atoms with Crippen LogP contribution < -0.4 is 4.74 Å². The van der Waals surface area contributed by atoms with E-state index in [0.717, 1.165) is 16.7 Å². The maximum atomic E-state index is 11.2. The number of phenolic OH excluding ortho intramolecular Hbond substituents is 1. The van der Waals surface area contributed by atoms with E-state index >= 15 is 0 Å². The molecule has 0 aliphatic rings. The summed E-state index contributed by atoms with van der Waals surface area (Å²) in [6.07, 6.45) is 2.77. The van der Waals surface area contributed by atoms with Crippen molar-refractivity contribution < 1.29 is 14.6 Å². The van der Waals surface area contributed by atoms with Crippen molar-refractivity contribution in [3.05, 3.63) is 42.0 Å². The first-order valence-electron chi connectivity index (χ1n) is 5.70. The fourth-order valence-corrected chi connectivity index (χ4v) is 2.27. The summed E-state index contributed by atoms with van der Waals surface area (Å²) in [7, 11) is 1.45. The predicted molar refractivity (Wildman–Crippen MR) is 77.3 cm³/mol. The molecule has 98 valence electrons. The Hall–Kier alpha value is -1.94. The van der Waals surface area contributed by atoms with E-state index in [2.05, 4.69) is 0 Å². The van der Waals surface area contributed by atoms with Crippen molar-refractivity contribution in [1.82, 2.24) is 0 Å². The molecule has 0 saturated heterocycles. The Labute approximate surface area is 116 Å². The van der Waals surface area contributed by atoms with Crippen LogP contribution in [0.15, 0.2) is 41.3 Å². The lowest BCUT2D eigenvalue weighted by molar-refractivity contribution is 0.112. The number of carbonyl (C=O) groups is 1. The molecule has 0 atom stereocenters. The average Bonchev–Trinajstić information content (AvgIpc) is 2.47. The van der Waals surface area contributed by atoms with E-state index in [4.69, 9.17) is 4.74 Å². The van der Waals surface area contributed by atoms with Crippen LogP contribution >= 0.6 is 11.8 Å². The molecule has 0 unspecified atom stereocenters. The van der Waals surface area contributed by atoms with Gasteiger partial charge in [0, 0.05) is 10.5 Å². The van der Waals surface area contributed by atoms with Gasteiger partial charge in [0.05, 0.1) is 7.11 Å². The third-order valence-corrected chi connectivity index (χ3v) is 3.62. The molecule has 3 nitrogen and oxygen atoms in total. The Morgan fingerprint density at radius 3 is 2.42 bits per heavy atom. The normalized spacial score (nSPS) is 10.2. The van der Waals surface area contributed by atoms with Gasteiger partial charge in [-0.1, -0.05) is 12.1 Å². The predicted octanol–water partition coefficient (Wildman–Crippen LogP) is 3.60. The summed E-state index contributed by atoms with van der Waals surface area (Å²) < 4.78 is 5.00. The highest BCUT2D eigenvalue weighted by molar-refractivity contribution is 7.98. The van der Waals surface area contributed by atoms with Gasteiger partial charge in [0.15, 0.2) is 17.8 Å². The Bertz CT molecular complexity index is 591. The summed E-state index contributed by atoms with van der Waals surface area (Å²) in [6.45, 7) is 0. The van der Waals surface area contributed by atoms with Crippen LogP contribution in [0.25, 0.3) is 11.1 Å². The van der Waals surface area contributed by atoms with Gasteiger partial charge in [-0.05, 0) is 41.6 Å². The van der Waals surface area contributed by atoms with Crippen molar-refractivity contribution >= 4 is 18.0 Å². The molecule has 0 radical (unpaired) electrons. The van der Waals surface area contributed by atoms with Crippen LogP contribution in [0.1, 0.15) is 10.4 Å². The minimum atomic E-state index is 0.0250. The quantitative estimate of drug-likeness (QED) is 0.683. The molecule has 0 heterocycles. The SMILES string of the molecule is COc1cc(C=O)c(-c2ccc(SC)cc2)cc1O. The largest absolute Gasteiger partial charge is 0.504 e. The van der Waals surface area contributed by atoms with Gasteiger partial charge < -0.3 is 9.84 Å². The number of rotatable bonds is 4. The second-order valence-electron chi connectivity index (χ2n) is 3.96. The van der Waals surface area contributed by atoms with Gasteiger partial charge in [-0.15, -0.1) is 11.8 Å². The summed E-state index contributed by atoms with van der Waals surface area (Å²) in [5.74, 6) is 0.323. The molecule has 0 amide bonds. The summed E-state index contributed by atoms with van der Waals surface area (Å²) >= 11 is 1.65. The second-order valence-corrected chi connectivity index (χ2v) is 4.84. The van der Waals surface area contributed by atoms with Crippen molar-refractivity contribution in [2.45, 2.75) is 4.90 Å². The minimum Gasteiger partial charge on any atom is -0.504 e. The highest BCUT2D eigenvalue weighted by atomic mass is 32.2.